The minimum absolute atomic E-state index is 0.185. The maximum atomic E-state index is 2.47. The highest BCUT2D eigenvalue weighted by molar-refractivity contribution is 5.91. The van der Waals surface area contributed by atoms with Crippen LogP contribution in [0.4, 0.5) is 0 Å². The quantitative estimate of drug-likeness (QED) is 0.275. The molecule has 5 aromatic rings. The SMILES string of the molecule is CCn1c(C)c(C(c2cccc(C)c2)c2c(C)n(CC)c3ccccc23)c2ccccc21. The van der Waals surface area contributed by atoms with Crippen molar-refractivity contribution >= 4 is 21.8 Å². The molecule has 5 rings (SSSR count). The number of aryl methyl sites for hydroxylation is 3. The largest absolute Gasteiger partial charge is 0.345 e. The Bertz CT molecular complexity index is 1340. The van der Waals surface area contributed by atoms with E-state index >= 15 is 0 Å². The van der Waals surface area contributed by atoms with Crippen LogP contribution in [0.2, 0.25) is 0 Å². The van der Waals surface area contributed by atoms with Crippen LogP contribution in [0.3, 0.4) is 0 Å². The van der Waals surface area contributed by atoms with E-state index in [-0.39, 0.29) is 5.92 Å². The predicted octanol–water partition coefficient (Wildman–Crippen LogP) is 7.74. The van der Waals surface area contributed by atoms with E-state index in [1.807, 2.05) is 0 Å². The van der Waals surface area contributed by atoms with Gasteiger partial charge in [0, 0.05) is 52.2 Å². The van der Waals surface area contributed by atoms with Crippen molar-refractivity contribution < 1.29 is 0 Å². The summed E-state index contributed by atoms with van der Waals surface area (Å²) in [5.41, 5.74) is 11.0. The van der Waals surface area contributed by atoms with E-state index in [2.05, 4.69) is 117 Å². The van der Waals surface area contributed by atoms with Crippen LogP contribution >= 0.6 is 0 Å². The molecular formula is C30H32N2. The fourth-order valence-electron chi connectivity index (χ4n) is 5.79. The van der Waals surface area contributed by atoms with Crippen molar-refractivity contribution in [1.82, 2.24) is 9.13 Å². The van der Waals surface area contributed by atoms with E-state index in [1.54, 1.807) is 0 Å². The van der Waals surface area contributed by atoms with Crippen LogP contribution in [0, 0.1) is 20.8 Å². The molecule has 0 N–H and O–H groups in total. The van der Waals surface area contributed by atoms with Crippen molar-refractivity contribution in [2.45, 2.75) is 53.6 Å². The van der Waals surface area contributed by atoms with Crippen molar-refractivity contribution in [3.63, 3.8) is 0 Å². The average molecular weight is 421 g/mol. The lowest BCUT2D eigenvalue weighted by Gasteiger charge is -2.21. The first kappa shape index (κ1) is 20.6. The van der Waals surface area contributed by atoms with Crippen LogP contribution in [0.5, 0.6) is 0 Å². The molecule has 3 aromatic carbocycles. The Morgan fingerprint density at radius 1 is 0.625 bits per heavy atom. The Morgan fingerprint density at radius 2 is 1.12 bits per heavy atom. The first-order valence-corrected chi connectivity index (χ1v) is 11.8. The molecule has 0 unspecified atom stereocenters. The monoisotopic (exact) mass is 420 g/mol. The molecule has 32 heavy (non-hydrogen) atoms. The number of rotatable bonds is 5. The summed E-state index contributed by atoms with van der Waals surface area (Å²) in [6.07, 6.45) is 0. The second kappa shape index (κ2) is 8.02. The molecule has 0 aliphatic rings. The lowest BCUT2D eigenvalue weighted by atomic mass is 9.82. The lowest BCUT2D eigenvalue weighted by Crippen LogP contribution is -2.08. The third kappa shape index (κ3) is 3.01. The Kier molecular flexibility index (Phi) is 5.17. The average Bonchev–Trinajstić information content (AvgIpc) is 3.25. The van der Waals surface area contributed by atoms with Gasteiger partial charge >= 0.3 is 0 Å². The summed E-state index contributed by atoms with van der Waals surface area (Å²) >= 11 is 0. The summed E-state index contributed by atoms with van der Waals surface area (Å²) in [6, 6.07) is 26.9. The number of aromatic nitrogens is 2. The summed E-state index contributed by atoms with van der Waals surface area (Å²) in [4.78, 5) is 0. The minimum Gasteiger partial charge on any atom is -0.345 e. The Labute approximate surface area is 191 Å². The zero-order chi connectivity index (χ0) is 22.4. The van der Waals surface area contributed by atoms with Crippen LogP contribution in [0.25, 0.3) is 21.8 Å². The highest BCUT2D eigenvalue weighted by atomic mass is 15.0. The summed E-state index contributed by atoms with van der Waals surface area (Å²) in [7, 11) is 0. The van der Waals surface area contributed by atoms with E-state index in [9.17, 15) is 0 Å². The molecule has 0 saturated heterocycles. The molecule has 0 fully saturated rings. The number of hydrogen-bond acceptors (Lipinski definition) is 0. The summed E-state index contributed by atoms with van der Waals surface area (Å²) in [6.45, 7) is 13.3. The van der Waals surface area contributed by atoms with E-state index in [0.717, 1.165) is 13.1 Å². The van der Waals surface area contributed by atoms with Crippen LogP contribution in [-0.2, 0) is 13.1 Å². The molecule has 0 spiro atoms. The molecule has 0 radical (unpaired) electrons. The molecule has 0 aliphatic carbocycles. The second-order valence-corrected chi connectivity index (χ2v) is 8.87. The second-order valence-electron chi connectivity index (χ2n) is 8.87. The molecule has 2 heterocycles. The van der Waals surface area contributed by atoms with Crippen molar-refractivity contribution in [3.8, 4) is 0 Å². The van der Waals surface area contributed by atoms with Crippen molar-refractivity contribution in [1.29, 1.82) is 0 Å². The number of nitrogens with zero attached hydrogens (tertiary/aromatic N) is 2. The zero-order valence-corrected chi connectivity index (χ0v) is 19.8. The summed E-state index contributed by atoms with van der Waals surface area (Å²) in [5, 5.41) is 2.73. The normalized spacial score (nSPS) is 11.8. The van der Waals surface area contributed by atoms with E-state index in [1.165, 1.54) is 55.4 Å². The lowest BCUT2D eigenvalue weighted by molar-refractivity contribution is 0.748. The van der Waals surface area contributed by atoms with Crippen LogP contribution < -0.4 is 0 Å². The van der Waals surface area contributed by atoms with Gasteiger partial charge in [0.25, 0.3) is 0 Å². The predicted molar refractivity (Wildman–Crippen MR) is 137 cm³/mol. The zero-order valence-electron chi connectivity index (χ0n) is 19.8. The first-order valence-electron chi connectivity index (χ1n) is 11.8. The molecule has 0 amide bonds. The Hall–Kier alpha value is -3.26. The van der Waals surface area contributed by atoms with E-state index in [0.29, 0.717) is 0 Å². The summed E-state index contributed by atoms with van der Waals surface area (Å²) < 4.78 is 4.95. The number of benzene rings is 3. The van der Waals surface area contributed by atoms with Gasteiger partial charge < -0.3 is 9.13 Å². The molecule has 0 bridgehead atoms. The maximum Gasteiger partial charge on any atom is 0.0485 e. The molecule has 0 atom stereocenters. The van der Waals surface area contributed by atoms with Crippen LogP contribution in [-0.4, -0.2) is 9.13 Å². The van der Waals surface area contributed by atoms with Gasteiger partial charge in [0.05, 0.1) is 0 Å². The molecule has 2 heteroatoms. The van der Waals surface area contributed by atoms with Gasteiger partial charge in [-0.25, -0.2) is 0 Å². The van der Waals surface area contributed by atoms with Gasteiger partial charge in [-0.1, -0.05) is 66.2 Å². The molecule has 2 nitrogen and oxygen atoms in total. The van der Waals surface area contributed by atoms with Gasteiger partial charge in [-0.3, -0.25) is 0 Å². The maximum absolute atomic E-state index is 2.47. The topological polar surface area (TPSA) is 9.86 Å². The van der Waals surface area contributed by atoms with Crippen LogP contribution in [0.1, 0.15) is 53.4 Å². The molecule has 0 aliphatic heterocycles. The number of hydrogen-bond donors (Lipinski definition) is 0. The fourth-order valence-corrected chi connectivity index (χ4v) is 5.79. The van der Waals surface area contributed by atoms with Crippen molar-refractivity contribution in [2.24, 2.45) is 0 Å². The minimum atomic E-state index is 0.185. The van der Waals surface area contributed by atoms with E-state index in [4.69, 9.17) is 0 Å². The number of fused-ring (bicyclic) bond motifs is 2. The highest BCUT2D eigenvalue weighted by Crippen LogP contribution is 2.44. The Morgan fingerprint density at radius 3 is 1.59 bits per heavy atom. The van der Waals surface area contributed by atoms with Gasteiger partial charge in [-0.05, 0) is 63.4 Å². The number of para-hydroxylation sites is 2. The standard InChI is InChI=1S/C30H32N2/c1-6-31-21(4)28(24-15-8-10-17-26(24)31)30(23-14-12-13-20(3)19-23)29-22(5)32(7-2)27-18-11-9-16-25(27)29/h8-19,30H,6-7H2,1-5H3. The smallest absolute Gasteiger partial charge is 0.0485 e. The molecule has 0 saturated carbocycles. The van der Waals surface area contributed by atoms with E-state index < -0.39 is 0 Å². The van der Waals surface area contributed by atoms with Crippen molar-refractivity contribution in [3.05, 3.63) is 106 Å². The van der Waals surface area contributed by atoms with Crippen LogP contribution in [0.15, 0.2) is 72.8 Å². The van der Waals surface area contributed by atoms with Gasteiger partial charge in [-0.15, -0.1) is 0 Å². The third-order valence-corrected chi connectivity index (χ3v) is 7.14. The van der Waals surface area contributed by atoms with Gasteiger partial charge in [0.2, 0.25) is 0 Å². The Balaban J connectivity index is 1.93. The van der Waals surface area contributed by atoms with Gasteiger partial charge in [0.15, 0.2) is 0 Å². The molecule has 2 aromatic heterocycles. The third-order valence-electron chi connectivity index (χ3n) is 7.14. The highest BCUT2D eigenvalue weighted by Gasteiger charge is 2.29. The van der Waals surface area contributed by atoms with Crippen molar-refractivity contribution in [2.75, 3.05) is 0 Å². The van der Waals surface area contributed by atoms with Gasteiger partial charge in [-0.2, -0.15) is 0 Å². The molecule has 162 valence electrons. The first-order chi connectivity index (χ1) is 15.6. The fraction of sp³-hybridized carbons (Fsp3) is 0.267. The summed E-state index contributed by atoms with van der Waals surface area (Å²) in [5.74, 6) is 0.185. The van der Waals surface area contributed by atoms with Gasteiger partial charge in [0.1, 0.15) is 0 Å². The molecular weight excluding hydrogens is 388 g/mol.